The van der Waals surface area contributed by atoms with Crippen molar-refractivity contribution < 1.29 is 9.90 Å². The number of aromatic nitrogens is 2. The van der Waals surface area contributed by atoms with Crippen LogP contribution in [0.25, 0.3) is 0 Å². The van der Waals surface area contributed by atoms with E-state index in [4.69, 9.17) is 0 Å². The van der Waals surface area contributed by atoms with E-state index in [1.54, 1.807) is 17.1 Å². The lowest BCUT2D eigenvalue weighted by atomic mass is 10.1. The van der Waals surface area contributed by atoms with Gasteiger partial charge in [-0.1, -0.05) is 44.2 Å². The second-order valence-electron chi connectivity index (χ2n) is 5.43. The van der Waals surface area contributed by atoms with Crippen molar-refractivity contribution in [3.8, 4) is 0 Å². The summed E-state index contributed by atoms with van der Waals surface area (Å²) in [5.41, 5.74) is 1.63. The van der Waals surface area contributed by atoms with Crippen LogP contribution < -0.4 is 5.32 Å². The second-order valence-corrected chi connectivity index (χ2v) is 5.43. The molecule has 0 aliphatic heterocycles. The first kappa shape index (κ1) is 15.3. The van der Waals surface area contributed by atoms with Crippen molar-refractivity contribution in [2.45, 2.75) is 26.5 Å². The zero-order valence-corrected chi connectivity index (χ0v) is 12.4. The van der Waals surface area contributed by atoms with Crippen LogP contribution in [0, 0.1) is 5.92 Å². The van der Waals surface area contributed by atoms with Crippen molar-refractivity contribution >= 4 is 5.91 Å². The molecule has 5 nitrogen and oxygen atoms in total. The van der Waals surface area contributed by atoms with E-state index in [2.05, 4.69) is 10.4 Å². The summed E-state index contributed by atoms with van der Waals surface area (Å²) in [6.45, 7) is 4.70. The Balaban J connectivity index is 1.92. The topological polar surface area (TPSA) is 67.2 Å². The Hall–Kier alpha value is -2.14. The number of aliphatic hydroxyl groups excluding tert-OH is 1. The zero-order chi connectivity index (χ0) is 15.2. The van der Waals surface area contributed by atoms with Gasteiger partial charge in [-0.15, -0.1) is 0 Å². The first-order valence-corrected chi connectivity index (χ1v) is 7.09. The normalized spacial score (nSPS) is 12.4. The molecule has 21 heavy (non-hydrogen) atoms. The predicted octanol–water partition coefficient (Wildman–Crippen LogP) is 1.68. The van der Waals surface area contributed by atoms with Gasteiger partial charge in [0.2, 0.25) is 0 Å². The van der Waals surface area contributed by atoms with Crippen LogP contribution in [0.15, 0.2) is 42.7 Å². The maximum absolute atomic E-state index is 12.0. The standard InChI is InChI=1S/C16H21N3O2/c1-12(2)15(20)9-17-16(21)14-8-18-19(11-14)10-13-6-4-3-5-7-13/h3-8,11-12,15,20H,9-10H2,1-2H3,(H,17,21). The molecule has 2 N–H and O–H groups in total. The number of amides is 1. The van der Waals surface area contributed by atoms with Crippen molar-refractivity contribution in [2.24, 2.45) is 5.92 Å². The smallest absolute Gasteiger partial charge is 0.254 e. The zero-order valence-electron chi connectivity index (χ0n) is 12.4. The fraction of sp³-hybridized carbons (Fsp3) is 0.375. The summed E-state index contributed by atoms with van der Waals surface area (Å²) >= 11 is 0. The SMILES string of the molecule is CC(C)C(O)CNC(=O)c1cnn(Cc2ccccc2)c1. The number of rotatable bonds is 6. The molecule has 1 heterocycles. The molecule has 1 unspecified atom stereocenters. The van der Waals surface area contributed by atoms with E-state index < -0.39 is 6.10 Å². The highest BCUT2D eigenvalue weighted by Gasteiger charge is 2.13. The van der Waals surface area contributed by atoms with Gasteiger partial charge in [-0.05, 0) is 11.5 Å². The van der Waals surface area contributed by atoms with Crippen molar-refractivity contribution in [3.05, 3.63) is 53.9 Å². The third kappa shape index (κ3) is 4.43. The number of carbonyl (C=O) groups excluding carboxylic acids is 1. The lowest BCUT2D eigenvalue weighted by Crippen LogP contribution is -2.34. The average molecular weight is 287 g/mol. The summed E-state index contributed by atoms with van der Waals surface area (Å²) in [5.74, 6) is -0.0971. The van der Waals surface area contributed by atoms with Crippen LogP contribution in [-0.2, 0) is 6.54 Å². The van der Waals surface area contributed by atoms with Crippen LogP contribution >= 0.6 is 0 Å². The van der Waals surface area contributed by atoms with Crippen LogP contribution in [0.3, 0.4) is 0 Å². The molecule has 0 radical (unpaired) electrons. The van der Waals surface area contributed by atoms with Crippen LogP contribution in [0.4, 0.5) is 0 Å². The molecule has 0 aliphatic rings. The molecule has 5 heteroatoms. The minimum absolute atomic E-state index is 0.117. The number of hydrogen-bond acceptors (Lipinski definition) is 3. The molecule has 2 rings (SSSR count). The Morgan fingerprint density at radius 1 is 1.33 bits per heavy atom. The van der Waals surface area contributed by atoms with Gasteiger partial charge in [-0.25, -0.2) is 0 Å². The van der Waals surface area contributed by atoms with Gasteiger partial charge in [-0.3, -0.25) is 9.48 Å². The van der Waals surface area contributed by atoms with Crippen LogP contribution in [0.1, 0.15) is 29.8 Å². The molecule has 1 aromatic heterocycles. The van der Waals surface area contributed by atoms with Crippen molar-refractivity contribution in [2.75, 3.05) is 6.54 Å². The molecule has 1 aromatic carbocycles. The molecule has 1 atom stereocenters. The summed E-state index contributed by atoms with van der Waals surface area (Å²) < 4.78 is 1.73. The summed E-state index contributed by atoms with van der Waals surface area (Å²) in [5, 5.41) is 16.6. The van der Waals surface area contributed by atoms with Gasteiger partial charge in [0.15, 0.2) is 0 Å². The number of aliphatic hydroxyl groups is 1. The van der Waals surface area contributed by atoms with Crippen molar-refractivity contribution in [3.63, 3.8) is 0 Å². The summed E-state index contributed by atoms with van der Waals surface area (Å²) in [6.07, 6.45) is 2.72. The fourth-order valence-electron chi connectivity index (χ4n) is 1.87. The Morgan fingerprint density at radius 3 is 2.71 bits per heavy atom. The fourth-order valence-corrected chi connectivity index (χ4v) is 1.87. The Morgan fingerprint density at radius 2 is 2.05 bits per heavy atom. The Labute approximate surface area is 124 Å². The lowest BCUT2D eigenvalue weighted by molar-refractivity contribution is 0.0871. The predicted molar refractivity (Wildman–Crippen MR) is 80.9 cm³/mol. The van der Waals surface area contributed by atoms with Gasteiger partial charge in [0, 0.05) is 12.7 Å². The molecule has 2 aromatic rings. The van der Waals surface area contributed by atoms with E-state index in [9.17, 15) is 9.90 Å². The number of nitrogens with zero attached hydrogens (tertiary/aromatic N) is 2. The first-order chi connectivity index (χ1) is 10.1. The summed E-state index contributed by atoms with van der Waals surface area (Å²) in [7, 11) is 0. The van der Waals surface area contributed by atoms with Gasteiger partial charge in [-0.2, -0.15) is 5.10 Å². The van der Waals surface area contributed by atoms with Gasteiger partial charge in [0.05, 0.1) is 24.4 Å². The highest BCUT2D eigenvalue weighted by atomic mass is 16.3. The molecular formula is C16H21N3O2. The van der Waals surface area contributed by atoms with E-state index in [-0.39, 0.29) is 18.4 Å². The number of carbonyl (C=O) groups is 1. The third-order valence-corrected chi connectivity index (χ3v) is 3.32. The Bertz CT molecular complexity index is 578. The van der Waals surface area contributed by atoms with E-state index in [0.29, 0.717) is 12.1 Å². The summed E-state index contributed by atoms with van der Waals surface area (Å²) in [6, 6.07) is 9.94. The largest absolute Gasteiger partial charge is 0.391 e. The van der Waals surface area contributed by atoms with Crippen molar-refractivity contribution in [1.82, 2.24) is 15.1 Å². The van der Waals surface area contributed by atoms with E-state index in [1.807, 2.05) is 44.2 Å². The number of nitrogens with one attached hydrogen (secondary N) is 1. The maximum atomic E-state index is 12.0. The third-order valence-electron chi connectivity index (χ3n) is 3.32. The van der Waals surface area contributed by atoms with E-state index in [1.165, 1.54) is 0 Å². The van der Waals surface area contributed by atoms with E-state index in [0.717, 1.165) is 5.56 Å². The second kappa shape index (κ2) is 7.04. The van der Waals surface area contributed by atoms with E-state index >= 15 is 0 Å². The highest BCUT2D eigenvalue weighted by molar-refractivity contribution is 5.93. The molecule has 0 saturated carbocycles. The monoisotopic (exact) mass is 287 g/mol. The van der Waals surface area contributed by atoms with Gasteiger partial charge in [0.25, 0.3) is 5.91 Å². The number of hydrogen-bond donors (Lipinski definition) is 2. The average Bonchev–Trinajstić information content (AvgIpc) is 2.94. The highest BCUT2D eigenvalue weighted by Crippen LogP contribution is 2.05. The first-order valence-electron chi connectivity index (χ1n) is 7.09. The molecule has 0 fully saturated rings. The van der Waals surface area contributed by atoms with Crippen LogP contribution in [0.2, 0.25) is 0 Å². The minimum Gasteiger partial charge on any atom is -0.391 e. The van der Waals surface area contributed by atoms with Gasteiger partial charge >= 0.3 is 0 Å². The molecule has 0 bridgehead atoms. The van der Waals surface area contributed by atoms with Crippen LogP contribution in [-0.4, -0.2) is 33.4 Å². The molecule has 0 aliphatic carbocycles. The molecule has 0 spiro atoms. The quantitative estimate of drug-likeness (QED) is 0.849. The van der Waals surface area contributed by atoms with Gasteiger partial charge < -0.3 is 10.4 Å². The molecule has 112 valence electrons. The molecular weight excluding hydrogens is 266 g/mol. The Kier molecular flexibility index (Phi) is 5.11. The number of benzene rings is 1. The lowest BCUT2D eigenvalue weighted by Gasteiger charge is -2.14. The maximum Gasteiger partial charge on any atom is 0.254 e. The van der Waals surface area contributed by atoms with Crippen molar-refractivity contribution in [1.29, 1.82) is 0 Å². The summed E-state index contributed by atoms with van der Waals surface area (Å²) in [4.78, 5) is 12.0. The van der Waals surface area contributed by atoms with Crippen LogP contribution in [0.5, 0.6) is 0 Å². The molecule has 1 amide bonds. The molecule has 0 saturated heterocycles. The minimum atomic E-state index is -0.534. The van der Waals surface area contributed by atoms with Gasteiger partial charge in [0.1, 0.15) is 0 Å².